The molecule has 150 valence electrons. The lowest BCUT2D eigenvalue weighted by Crippen LogP contribution is -2.43. The van der Waals surface area contributed by atoms with Crippen molar-refractivity contribution in [2.24, 2.45) is 0 Å². The highest BCUT2D eigenvalue weighted by molar-refractivity contribution is 5.99. The summed E-state index contributed by atoms with van der Waals surface area (Å²) in [5.41, 5.74) is 4.08. The van der Waals surface area contributed by atoms with Crippen LogP contribution in [-0.4, -0.2) is 27.9 Å². The molecule has 0 fully saturated rings. The van der Waals surface area contributed by atoms with Crippen molar-refractivity contribution in [2.75, 3.05) is 10.6 Å². The molecule has 0 aliphatic rings. The summed E-state index contributed by atoms with van der Waals surface area (Å²) in [6, 6.07) is 23.1. The van der Waals surface area contributed by atoms with Crippen molar-refractivity contribution >= 4 is 34.3 Å². The van der Waals surface area contributed by atoms with Gasteiger partial charge in [-0.05, 0) is 55.5 Å². The number of para-hydroxylation sites is 3. The number of aromatic amines is 1. The van der Waals surface area contributed by atoms with Gasteiger partial charge in [-0.2, -0.15) is 0 Å². The second kappa shape index (κ2) is 8.48. The molecular weight excluding hydrogens is 378 g/mol. The number of fused-ring (bicyclic) bond motifs is 1. The zero-order chi connectivity index (χ0) is 20.9. The average molecular weight is 399 g/mol. The van der Waals surface area contributed by atoms with Crippen molar-refractivity contribution in [1.82, 2.24) is 15.3 Å². The second-order valence-electron chi connectivity index (χ2n) is 6.86. The number of anilines is 2. The van der Waals surface area contributed by atoms with Gasteiger partial charge in [0.25, 0.3) is 0 Å². The minimum atomic E-state index is -0.705. The third-order valence-corrected chi connectivity index (χ3v) is 4.59. The molecule has 3 amide bonds. The second-order valence-corrected chi connectivity index (χ2v) is 6.86. The van der Waals surface area contributed by atoms with Crippen LogP contribution in [0.2, 0.25) is 0 Å². The van der Waals surface area contributed by atoms with Crippen LogP contribution in [0, 0.1) is 0 Å². The molecule has 0 aliphatic heterocycles. The third-order valence-electron chi connectivity index (χ3n) is 4.59. The van der Waals surface area contributed by atoms with Gasteiger partial charge in [-0.1, -0.05) is 30.3 Å². The summed E-state index contributed by atoms with van der Waals surface area (Å²) in [7, 11) is 0. The molecule has 1 aromatic heterocycles. The maximum Gasteiger partial charge on any atom is 0.319 e. The monoisotopic (exact) mass is 399 g/mol. The van der Waals surface area contributed by atoms with Gasteiger partial charge in [0.15, 0.2) is 0 Å². The lowest BCUT2D eigenvalue weighted by molar-refractivity contribution is -0.117. The van der Waals surface area contributed by atoms with Crippen LogP contribution in [0.1, 0.15) is 6.92 Å². The Morgan fingerprint density at radius 3 is 2.23 bits per heavy atom. The van der Waals surface area contributed by atoms with E-state index < -0.39 is 12.1 Å². The number of benzene rings is 3. The van der Waals surface area contributed by atoms with Gasteiger partial charge < -0.3 is 20.9 Å². The van der Waals surface area contributed by atoms with E-state index in [-0.39, 0.29) is 5.91 Å². The molecule has 1 heterocycles. The number of carbonyl (C=O) groups is 2. The predicted molar refractivity (Wildman–Crippen MR) is 118 cm³/mol. The predicted octanol–water partition coefficient (Wildman–Crippen LogP) is 4.38. The largest absolute Gasteiger partial charge is 0.338 e. The van der Waals surface area contributed by atoms with Gasteiger partial charge >= 0.3 is 6.03 Å². The average Bonchev–Trinajstić information content (AvgIpc) is 3.19. The first-order valence-electron chi connectivity index (χ1n) is 9.57. The third kappa shape index (κ3) is 4.47. The summed E-state index contributed by atoms with van der Waals surface area (Å²) in [6.07, 6.45) is 0. The fourth-order valence-corrected chi connectivity index (χ4v) is 3.00. The first-order chi connectivity index (χ1) is 14.6. The van der Waals surface area contributed by atoms with Crippen LogP contribution in [0.15, 0.2) is 78.9 Å². The lowest BCUT2D eigenvalue weighted by atomic mass is 10.2. The van der Waals surface area contributed by atoms with E-state index in [1.54, 1.807) is 31.2 Å². The first kappa shape index (κ1) is 19.2. The minimum Gasteiger partial charge on any atom is -0.338 e. The number of imidazole rings is 1. The molecule has 3 aromatic carbocycles. The Kier molecular flexibility index (Phi) is 5.43. The van der Waals surface area contributed by atoms with Crippen LogP contribution in [0.5, 0.6) is 0 Å². The molecule has 4 N–H and O–H groups in total. The summed E-state index contributed by atoms with van der Waals surface area (Å²) in [6.45, 7) is 1.63. The number of hydrogen-bond donors (Lipinski definition) is 4. The molecule has 0 spiro atoms. The summed E-state index contributed by atoms with van der Waals surface area (Å²) < 4.78 is 0. The fraction of sp³-hybridized carbons (Fsp3) is 0.0870. The first-order valence-corrected chi connectivity index (χ1v) is 9.57. The Bertz CT molecular complexity index is 1140. The summed E-state index contributed by atoms with van der Waals surface area (Å²) in [4.78, 5) is 32.3. The van der Waals surface area contributed by atoms with Crippen molar-refractivity contribution in [1.29, 1.82) is 0 Å². The van der Waals surface area contributed by atoms with Crippen LogP contribution in [0.3, 0.4) is 0 Å². The lowest BCUT2D eigenvalue weighted by Gasteiger charge is -2.15. The zero-order valence-corrected chi connectivity index (χ0v) is 16.3. The summed E-state index contributed by atoms with van der Waals surface area (Å²) in [5, 5.41) is 8.12. The van der Waals surface area contributed by atoms with E-state index in [0.29, 0.717) is 11.4 Å². The molecule has 7 heteroatoms. The van der Waals surface area contributed by atoms with Crippen LogP contribution < -0.4 is 16.0 Å². The highest BCUT2D eigenvalue weighted by Crippen LogP contribution is 2.22. The standard InChI is InChI=1S/C23H21N5O2/c1-15(24-23(30)26-17-7-3-2-4-8-17)22(29)25-18-13-11-16(12-14-18)21-27-19-9-5-6-10-20(19)28-21/h2-15H,1H3,(H,25,29)(H,27,28)(H2,24,26,30)/t15-/m0/s1. The number of amides is 3. The summed E-state index contributed by atoms with van der Waals surface area (Å²) in [5.74, 6) is 0.455. The molecular formula is C23H21N5O2. The number of nitrogens with zero attached hydrogens (tertiary/aromatic N) is 1. The van der Waals surface area contributed by atoms with E-state index >= 15 is 0 Å². The molecule has 0 aliphatic carbocycles. The number of hydrogen-bond acceptors (Lipinski definition) is 3. The van der Waals surface area contributed by atoms with Gasteiger partial charge in [-0.15, -0.1) is 0 Å². The molecule has 4 rings (SSSR count). The van der Waals surface area contributed by atoms with Crippen molar-refractivity contribution in [3.63, 3.8) is 0 Å². The van der Waals surface area contributed by atoms with Crippen LogP contribution >= 0.6 is 0 Å². The number of nitrogens with one attached hydrogen (secondary N) is 4. The van der Waals surface area contributed by atoms with Crippen LogP contribution in [0.4, 0.5) is 16.2 Å². The van der Waals surface area contributed by atoms with Crippen molar-refractivity contribution in [2.45, 2.75) is 13.0 Å². The Labute approximate surface area is 173 Å². The summed E-state index contributed by atoms with van der Waals surface area (Å²) >= 11 is 0. The molecule has 30 heavy (non-hydrogen) atoms. The van der Waals surface area contributed by atoms with E-state index in [1.165, 1.54) is 0 Å². The molecule has 7 nitrogen and oxygen atoms in total. The number of rotatable bonds is 5. The number of carbonyl (C=O) groups excluding carboxylic acids is 2. The van der Waals surface area contributed by atoms with Gasteiger partial charge in [-0.25, -0.2) is 9.78 Å². The molecule has 0 bridgehead atoms. The molecule has 0 saturated carbocycles. The Morgan fingerprint density at radius 2 is 1.50 bits per heavy atom. The minimum absolute atomic E-state index is 0.310. The van der Waals surface area contributed by atoms with Crippen molar-refractivity contribution in [3.05, 3.63) is 78.9 Å². The normalized spacial score (nSPS) is 11.6. The molecule has 4 aromatic rings. The Balaban J connectivity index is 1.35. The quantitative estimate of drug-likeness (QED) is 0.401. The van der Waals surface area contributed by atoms with E-state index in [4.69, 9.17) is 0 Å². The van der Waals surface area contributed by atoms with Crippen LogP contribution in [0.25, 0.3) is 22.4 Å². The van der Waals surface area contributed by atoms with E-state index in [1.807, 2.05) is 54.6 Å². The number of aromatic nitrogens is 2. The molecule has 0 saturated heterocycles. The van der Waals surface area contributed by atoms with E-state index in [9.17, 15) is 9.59 Å². The van der Waals surface area contributed by atoms with Crippen LogP contribution in [-0.2, 0) is 4.79 Å². The van der Waals surface area contributed by atoms with E-state index in [2.05, 4.69) is 25.9 Å². The highest BCUT2D eigenvalue weighted by atomic mass is 16.2. The molecule has 1 atom stereocenters. The molecule has 0 unspecified atom stereocenters. The van der Waals surface area contributed by atoms with Crippen molar-refractivity contribution in [3.8, 4) is 11.4 Å². The van der Waals surface area contributed by atoms with Gasteiger partial charge in [-0.3, -0.25) is 4.79 Å². The van der Waals surface area contributed by atoms with Gasteiger partial charge in [0.2, 0.25) is 5.91 Å². The van der Waals surface area contributed by atoms with Gasteiger partial charge in [0.05, 0.1) is 11.0 Å². The smallest absolute Gasteiger partial charge is 0.319 e. The zero-order valence-electron chi connectivity index (χ0n) is 16.3. The Morgan fingerprint density at radius 1 is 0.833 bits per heavy atom. The topological polar surface area (TPSA) is 98.9 Å². The maximum absolute atomic E-state index is 12.4. The fourth-order valence-electron chi connectivity index (χ4n) is 3.00. The Hall–Kier alpha value is -4.13. The molecule has 0 radical (unpaired) electrons. The maximum atomic E-state index is 12.4. The highest BCUT2D eigenvalue weighted by Gasteiger charge is 2.16. The number of urea groups is 1. The van der Waals surface area contributed by atoms with Crippen molar-refractivity contribution < 1.29 is 9.59 Å². The van der Waals surface area contributed by atoms with Gasteiger partial charge in [0.1, 0.15) is 11.9 Å². The number of H-pyrrole nitrogens is 1. The van der Waals surface area contributed by atoms with E-state index in [0.717, 1.165) is 22.4 Å². The van der Waals surface area contributed by atoms with Gasteiger partial charge in [0, 0.05) is 16.9 Å². The SMILES string of the molecule is C[C@H](NC(=O)Nc1ccccc1)C(=O)Nc1ccc(-c2nc3ccccc3[nH]2)cc1.